The molecule has 0 fully saturated rings. The van der Waals surface area contributed by atoms with E-state index in [1.54, 1.807) is 24.3 Å². The number of thiophene rings is 2. The van der Waals surface area contributed by atoms with Crippen LogP contribution in [0.25, 0.3) is 0 Å². The van der Waals surface area contributed by atoms with Gasteiger partial charge in [0.2, 0.25) is 10.0 Å². The van der Waals surface area contributed by atoms with Gasteiger partial charge in [-0.2, -0.15) is 11.3 Å². The highest BCUT2D eigenvalue weighted by Gasteiger charge is 2.19. The van der Waals surface area contributed by atoms with Crippen molar-refractivity contribution in [3.05, 3.63) is 38.2 Å². The third-order valence-electron chi connectivity index (χ3n) is 2.70. The van der Waals surface area contributed by atoms with E-state index in [0.717, 1.165) is 15.3 Å². The van der Waals surface area contributed by atoms with Gasteiger partial charge < -0.3 is 5.73 Å². The third kappa shape index (κ3) is 3.64. The maximum absolute atomic E-state index is 12.2. The molecule has 104 valence electrons. The highest BCUT2D eigenvalue weighted by atomic mass is 32.2. The number of hydrogen-bond donors (Lipinski definition) is 2. The molecule has 2 aromatic rings. The number of nitrogens with one attached hydrogen (secondary N) is 1. The summed E-state index contributed by atoms with van der Waals surface area (Å²) in [7, 11) is -3.43. The Kier molecular flexibility index (Phi) is 4.75. The average molecular weight is 316 g/mol. The van der Waals surface area contributed by atoms with E-state index in [1.165, 1.54) is 11.3 Å². The Morgan fingerprint density at radius 1 is 1.42 bits per heavy atom. The number of aryl methyl sites for hydroxylation is 1. The van der Waals surface area contributed by atoms with Crippen molar-refractivity contribution in [2.45, 2.75) is 24.8 Å². The molecular formula is C12H16N2O2S3. The molecular weight excluding hydrogens is 300 g/mol. The van der Waals surface area contributed by atoms with Crippen molar-refractivity contribution in [1.82, 2.24) is 4.72 Å². The van der Waals surface area contributed by atoms with Crippen molar-refractivity contribution in [2.75, 3.05) is 6.54 Å². The van der Waals surface area contributed by atoms with Gasteiger partial charge in [0.25, 0.3) is 0 Å². The molecule has 0 amide bonds. The molecule has 0 aromatic carbocycles. The molecule has 2 aromatic heterocycles. The lowest BCUT2D eigenvalue weighted by Gasteiger charge is -2.05. The van der Waals surface area contributed by atoms with Crippen LogP contribution in [0.3, 0.4) is 0 Å². The summed E-state index contributed by atoms with van der Waals surface area (Å²) < 4.78 is 27.0. The van der Waals surface area contributed by atoms with Gasteiger partial charge in [0, 0.05) is 22.8 Å². The molecule has 0 saturated heterocycles. The van der Waals surface area contributed by atoms with E-state index >= 15 is 0 Å². The minimum Gasteiger partial charge on any atom is -0.326 e. The minimum atomic E-state index is -3.43. The van der Waals surface area contributed by atoms with Crippen LogP contribution in [0.15, 0.2) is 27.8 Å². The van der Waals surface area contributed by atoms with E-state index in [-0.39, 0.29) is 0 Å². The van der Waals surface area contributed by atoms with Crippen LogP contribution in [0.2, 0.25) is 0 Å². The second-order valence-corrected chi connectivity index (χ2v) is 7.97. The first-order valence-electron chi connectivity index (χ1n) is 5.83. The molecule has 0 atom stereocenters. The lowest BCUT2D eigenvalue weighted by atomic mass is 10.2. The maximum Gasteiger partial charge on any atom is 0.241 e. The van der Waals surface area contributed by atoms with Gasteiger partial charge in [-0.15, -0.1) is 11.3 Å². The van der Waals surface area contributed by atoms with Crippen LogP contribution in [0.1, 0.15) is 15.3 Å². The molecule has 4 nitrogen and oxygen atoms in total. The van der Waals surface area contributed by atoms with Crippen LogP contribution in [-0.4, -0.2) is 15.0 Å². The van der Waals surface area contributed by atoms with Crippen LogP contribution in [0, 0.1) is 6.92 Å². The standard InChI is InChI=1S/C12H16N2O2S3/c1-9-12(6-11(7-13)18-9)19(15,16)14-4-2-10-3-5-17-8-10/h3,5-6,8,14H,2,4,7,13H2,1H3. The fourth-order valence-electron chi connectivity index (χ4n) is 1.73. The van der Waals surface area contributed by atoms with Crippen molar-refractivity contribution in [3.8, 4) is 0 Å². The van der Waals surface area contributed by atoms with Crippen LogP contribution in [0.5, 0.6) is 0 Å². The predicted molar refractivity (Wildman–Crippen MR) is 80.2 cm³/mol. The van der Waals surface area contributed by atoms with Crippen LogP contribution in [-0.2, 0) is 23.0 Å². The molecule has 3 N–H and O–H groups in total. The van der Waals surface area contributed by atoms with E-state index < -0.39 is 10.0 Å². The first-order valence-corrected chi connectivity index (χ1v) is 9.07. The molecule has 0 saturated carbocycles. The summed E-state index contributed by atoms with van der Waals surface area (Å²) >= 11 is 3.04. The molecule has 19 heavy (non-hydrogen) atoms. The Morgan fingerprint density at radius 3 is 2.79 bits per heavy atom. The van der Waals surface area contributed by atoms with Crippen molar-refractivity contribution in [3.63, 3.8) is 0 Å². The van der Waals surface area contributed by atoms with Crippen molar-refractivity contribution >= 4 is 32.7 Å². The fourth-order valence-corrected chi connectivity index (χ4v) is 4.98. The van der Waals surface area contributed by atoms with E-state index in [4.69, 9.17) is 5.73 Å². The molecule has 0 spiro atoms. The molecule has 2 heterocycles. The van der Waals surface area contributed by atoms with Crippen LogP contribution >= 0.6 is 22.7 Å². The number of hydrogen-bond acceptors (Lipinski definition) is 5. The summed E-state index contributed by atoms with van der Waals surface area (Å²) in [4.78, 5) is 2.02. The van der Waals surface area contributed by atoms with Crippen LogP contribution in [0.4, 0.5) is 0 Å². The molecule has 0 radical (unpaired) electrons. The van der Waals surface area contributed by atoms with Crippen LogP contribution < -0.4 is 10.5 Å². The molecule has 0 aliphatic carbocycles. The van der Waals surface area contributed by atoms with Gasteiger partial charge >= 0.3 is 0 Å². The smallest absolute Gasteiger partial charge is 0.241 e. The van der Waals surface area contributed by atoms with Crippen molar-refractivity contribution < 1.29 is 8.42 Å². The van der Waals surface area contributed by atoms with Gasteiger partial charge in [-0.1, -0.05) is 0 Å². The quantitative estimate of drug-likeness (QED) is 0.857. The molecule has 0 aliphatic rings. The summed E-state index contributed by atoms with van der Waals surface area (Å²) in [5.41, 5.74) is 6.69. The topological polar surface area (TPSA) is 72.2 Å². The highest BCUT2D eigenvalue weighted by Crippen LogP contribution is 2.25. The lowest BCUT2D eigenvalue weighted by molar-refractivity contribution is 0.581. The van der Waals surface area contributed by atoms with Gasteiger partial charge in [-0.3, -0.25) is 0 Å². The summed E-state index contributed by atoms with van der Waals surface area (Å²) in [6.45, 7) is 2.58. The zero-order valence-electron chi connectivity index (χ0n) is 10.5. The zero-order chi connectivity index (χ0) is 13.9. The second kappa shape index (κ2) is 6.15. The Bertz CT molecular complexity index is 630. The van der Waals surface area contributed by atoms with E-state index in [1.807, 2.05) is 16.8 Å². The summed E-state index contributed by atoms with van der Waals surface area (Å²) in [5, 5.41) is 4.01. The summed E-state index contributed by atoms with van der Waals surface area (Å²) in [5.74, 6) is 0. The largest absolute Gasteiger partial charge is 0.326 e. The highest BCUT2D eigenvalue weighted by molar-refractivity contribution is 7.89. The van der Waals surface area contributed by atoms with E-state index in [0.29, 0.717) is 24.4 Å². The Labute approximate surface area is 121 Å². The predicted octanol–water partition coefficient (Wildman–Crippen LogP) is 2.10. The van der Waals surface area contributed by atoms with Gasteiger partial charge in [-0.25, -0.2) is 13.1 Å². The third-order valence-corrected chi connectivity index (χ3v) is 6.22. The normalized spacial score (nSPS) is 11.9. The first kappa shape index (κ1) is 14.7. The SMILES string of the molecule is Cc1sc(CN)cc1S(=O)(=O)NCCc1ccsc1. The monoisotopic (exact) mass is 316 g/mol. The van der Waals surface area contributed by atoms with Crippen molar-refractivity contribution in [2.24, 2.45) is 5.73 Å². The Hall–Kier alpha value is -0.730. The molecule has 7 heteroatoms. The second-order valence-electron chi connectivity index (χ2n) is 4.12. The first-order chi connectivity index (χ1) is 9.03. The van der Waals surface area contributed by atoms with Gasteiger partial charge in [0.1, 0.15) is 0 Å². The Morgan fingerprint density at radius 2 is 2.21 bits per heavy atom. The molecule has 2 rings (SSSR count). The lowest BCUT2D eigenvalue weighted by Crippen LogP contribution is -2.26. The molecule has 0 bridgehead atoms. The maximum atomic E-state index is 12.2. The number of sulfonamides is 1. The van der Waals surface area contributed by atoms with Gasteiger partial charge in [-0.05, 0) is 41.8 Å². The average Bonchev–Trinajstić information content (AvgIpc) is 2.98. The zero-order valence-corrected chi connectivity index (χ0v) is 13.0. The minimum absolute atomic E-state index is 0.350. The summed E-state index contributed by atoms with van der Waals surface area (Å²) in [6, 6.07) is 3.66. The number of rotatable bonds is 6. The van der Waals surface area contributed by atoms with E-state index in [9.17, 15) is 8.42 Å². The van der Waals surface area contributed by atoms with Gasteiger partial charge in [0.05, 0.1) is 4.90 Å². The Balaban J connectivity index is 2.03. The number of nitrogens with two attached hydrogens (primary N) is 1. The van der Waals surface area contributed by atoms with Crippen molar-refractivity contribution in [1.29, 1.82) is 0 Å². The summed E-state index contributed by atoms with van der Waals surface area (Å²) in [6.07, 6.45) is 0.704. The van der Waals surface area contributed by atoms with E-state index in [2.05, 4.69) is 4.72 Å². The molecule has 0 unspecified atom stereocenters. The van der Waals surface area contributed by atoms with Gasteiger partial charge in [0.15, 0.2) is 0 Å². The fraction of sp³-hybridized carbons (Fsp3) is 0.333. The molecule has 0 aliphatic heterocycles.